The molecule has 2 aromatic carbocycles. The van der Waals surface area contributed by atoms with Gasteiger partial charge in [-0.2, -0.15) is 13.2 Å². The first kappa shape index (κ1) is 28.1. The molecular weight excluding hydrogens is 577 g/mol. The van der Waals surface area contributed by atoms with Crippen molar-refractivity contribution in [2.45, 2.75) is 38.4 Å². The Bertz CT molecular complexity index is 1510. The molecule has 0 fully saturated rings. The number of alkyl halides is 3. The number of benzene rings is 2. The molecule has 0 aliphatic rings. The van der Waals surface area contributed by atoms with Crippen molar-refractivity contribution in [3.8, 4) is 16.9 Å². The van der Waals surface area contributed by atoms with E-state index in [0.717, 1.165) is 15.3 Å². The molecule has 2 aromatic heterocycles. The first-order valence-corrected chi connectivity index (χ1v) is 12.0. The van der Waals surface area contributed by atoms with Gasteiger partial charge in [-0.1, -0.05) is 53.0 Å². The fourth-order valence-corrected chi connectivity index (χ4v) is 4.45. The molecule has 8 nitrogen and oxygen atoms in total. The third-order valence-electron chi connectivity index (χ3n) is 5.51. The van der Waals surface area contributed by atoms with E-state index in [1.54, 1.807) is 0 Å². The Balaban J connectivity index is 1.85. The SMILES string of the molecule is CC(O)c1nc(Cn2c(Cl)c(-c3ccc(Cl)cc3)n(CC(O)C(F)(F)F)c2=O)nn1-c1c(F)cccc1Cl. The highest BCUT2D eigenvalue weighted by atomic mass is 35.5. The van der Waals surface area contributed by atoms with Crippen LogP contribution in [-0.2, 0) is 13.1 Å². The van der Waals surface area contributed by atoms with Crippen molar-refractivity contribution >= 4 is 34.8 Å². The number of aliphatic hydroxyl groups is 2. The van der Waals surface area contributed by atoms with E-state index in [1.807, 2.05) is 0 Å². The van der Waals surface area contributed by atoms with Crippen LogP contribution in [0.3, 0.4) is 0 Å². The van der Waals surface area contributed by atoms with Gasteiger partial charge in [-0.15, -0.1) is 5.10 Å². The van der Waals surface area contributed by atoms with Gasteiger partial charge in [0.1, 0.15) is 22.8 Å². The number of rotatable bonds is 7. The zero-order chi connectivity index (χ0) is 27.9. The lowest BCUT2D eigenvalue weighted by molar-refractivity contribution is -0.207. The quantitative estimate of drug-likeness (QED) is 0.293. The summed E-state index contributed by atoms with van der Waals surface area (Å²) in [4.78, 5) is 17.4. The van der Waals surface area contributed by atoms with E-state index in [2.05, 4.69) is 10.1 Å². The fourth-order valence-electron chi connectivity index (χ4n) is 3.73. The summed E-state index contributed by atoms with van der Waals surface area (Å²) < 4.78 is 56.6. The van der Waals surface area contributed by atoms with Crippen molar-refractivity contribution in [2.24, 2.45) is 0 Å². The van der Waals surface area contributed by atoms with Crippen LogP contribution >= 0.6 is 34.8 Å². The third kappa shape index (κ3) is 5.45. The molecule has 0 spiro atoms. The lowest BCUT2D eigenvalue weighted by Gasteiger charge is -2.16. The van der Waals surface area contributed by atoms with Crippen molar-refractivity contribution in [1.82, 2.24) is 23.9 Å². The van der Waals surface area contributed by atoms with Crippen LogP contribution < -0.4 is 5.69 Å². The first-order valence-electron chi connectivity index (χ1n) is 10.9. The number of para-hydroxylation sites is 1. The predicted molar refractivity (Wildman–Crippen MR) is 132 cm³/mol. The van der Waals surface area contributed by atoms with Crippen LogP contribution in [0.2, 0.25) is 15.2 Å². The van der Waals surface area contributed by atoms with Crippen LogP contribution in [0.1, 0.15) is 24.7 Å². The van der Waals surface area contributed by atoms with E-state index in [1.165, 1.54) is 43.3 Å². The normalized spacial score (nSPS) is 13.6. The van der Waals surface area contributed by atoms with E-state index in [0.29, 0.717) is 9.59 Å². The minimum Gasteiger partial charge on any atom is -0.385 e. The van der Waals surface area contributed by atoms with Crippen molar-refractivity contribution in [2.75, 3.05) is 0 Å². The molecule has 0 amide bonds. The summed E-state index contributed by atoms with van der Waals surface area (Å²) >= 11 is 18.5. The van der Waals surface area contributed by atoms with Gasteiger partial charge in [0.05, 0.1) is 23.8 Å². The van der Waals surface area contributed by atoms with Crippen LogP contribution in [0.5, 0.6) is 0 Å². The molecule has 4 rings (SSSR count). The molecule has 0 bridgehead atoms. The van der Waals surface area contributed by atoms with Crippen molar-refractivity contribution < 1.29 is 27.8 Å². The van der Waals surface area contributed by atoms with Crippen LogP contribution in [0.25, 0.3) is 16.9 Å². The number of hydrogen-bond donors (Lipinski definition) is 2. The Labute approximate surface area is 227 Å². The zero-order valence-electron chi connectivity index (χ0n) is 19.3. The molecule has 0 saturated carbocycles. The Morgan fingerprint density at radius 3 is 2.26 bits per heavy atom. The molecule has 0 aliphatic carbocycles. The maximum atomic E-state index is 14.6. The molecule has 2 heterocycles. The van der Waals surface area contributed by atoms with Gasteiger partial charge in [0.15, 0.2) is 17.8 Å². The molecule has 38 heavy (non-hydrogen) atoms. The van der Waals surface area contributed by atoms with Gasteiger partial charge in [-0.3, -0.25) is 9.13 Å². The van der Waals surface area contributed by atoms with Crippen LogP contribution in [0, 0.1) is 5.82 Å². The Hall–Kier alpha value is -2.90. The summed E-state index contributed by atoms with van der Waals surface area (Å²) in [5.74, 6) is -0.996. The number of imidazole rings is 1. The van der Waals surface area contributed by atoms with Crippen LogP contribution in [-0.4, -0.2) is 46.4 Å². The monoisotopic (exact) mass is 593 g/mol. The van der Waals surface area contributed by atoms with E-state index >= 15 is 0 Å². The molecule has 202 valence electrons. The second-order valence-corrected chi connectivity index (χ2v) is 9.43. The van der Waals surface area contributed by atoms with Crippen molar-refractivity contribution in [3.63, 3.8) is 0 Å². The first-order chi connectivity index (χ1) is 17.8. The highest BCUT2D eigenvalue weighted by molar-refractivity contribution is 6.32. The zero-order valence-corrected chi connectivity index (χ0v) is 21.6. The Morgan fingerprint density at radius 1 is 1.03 bits per heavy atom. The minimum atomic E-state index is -5.00. The summed E-state index contributed by atoms with van der Waals surface area (Å²) in [6.45, 7) is -0.253. The Morgan fingerprint density at radius 2 is 1.68 bits per heavy atom. The molecule has 2 unspecified atom stereocenters. The van der Waals surface area contributed by atoms with Gasteiger partial charge in [0, 0.05) is 10.6 Å². The summed E-state index contributed by atoms with van der Waals surface area (Å²) in [6.07, 6.45) is -9.10. The number of halogens is 7. The topological polar surface area (TPSA) is 98.1 Å². The average molecular weight is 595 g/mol. The minimum absolute atomic E-state index is 0.0316. The highest BCUT2D eigenvalue weighted by Crippen LogP contribution is 2.31. The van der Waals surface area contributed by atoms with E-state index in [-0.39, 0.29) is 38.8 Å². The average Bonchev–Trinajstić information content (AvgIpc) is 3.34. The van der Waals surface area contributed by atoms with E-state index in [9.17, 15) is 32.6 Å². The Kier molecular flexibility index (Phi) is 7.91. The van der Waals surface area contributed by atoms with Gasteiger partial charge in [0.2, 0.25) is 0 Å². The van der Waals surface area contributed by atoms with Gasteiger partial charge in [0.25, 0.3) is 0 Å². The number of hydrogen-bond acceptors (Lipinski definition) is 5. The van der Waals surface area contributed by atoms with Crippen molar-refractivity contribution in [1.29, 1.82) is 0 Å². The molecule has 2 N–H and O–H groups in total. The molecular formula is C23H18Cl3F4N5O3. The molecule has 0 aliphatic heterocycles. The van der Waals surface area contributed by atoms with Gasteiger partial charge in [-0.05, 0) is 31.2 Å². The third-order valence-corrected chi connectivity index (χ3v) is 6.45. The lowest BCUT2D eigenvalue weighted by atomic mass is 10.1. The van der Waals surface area contributed by atoms with Gasteiger partial charge >= 0.3 is 11.9 Å². The van der Waals surface area contributed by atoms with E-state index < -0.39 is 43.0 Å². The molecule has 0 saturated heterocycles. The fraction of sp³-hybridized carbons (Fsp3) is 0.261. The smallest absolute Gasteiger partial charge is 0.385 e. The lowest BCUT2D eigenvalue weighted by Crippen LogP contribution is -2.37. The summed E-state index contributed by atoms with van der Waals surface area (Å²) in [5.41, 5.74) is -1.05. The standard InChI is InChI=1S/C23H18Cl3F4N5O3/c1-11(36)21-31-17(32-35(21)19-14(25)3-2-4-15(19)27)10-34-20(26)18(12-5-7-13(24)8-6-12)33(22(34)38)9-16(37)23(28,29)30/h2-8,11,16,36-37H,9-10H2,1H3. The highest BCUT2D eigenvalue weighted by Gasteiger charge is 2.39. The van der Waals surface area contributed by atoms with E-state index in [4.69, 9.17) is 34.8 Å². The predicted octanol–water partition coefficient (Wildman–Crippen LogP) is 5.02. The number of aromatic nitrogens is 5. The largest absolute Gasteiger partial charge is 0.416 e. The number of nitrogens with zero attached hydrogens (tertiary/aromatic N) is 5. The second-order valence-electron chi connectivity index (χ2n) is 8.23. The molecule has 2 atom stereocenters. The van der Waals surface area contributed by atoms with Crippen LogP contribution in [0.4, 0.5) is 17.6 Å². The number of aliphatic hydroxyl groups excluding tert-OH is 2. The van der Waals surface area contributed by atoms with Gasteiger partial charge in [-0.25, -0.2) is 18.9 Å². The summed E-state index contributed by atoms with van der Waals surface area (Å²) in [7, 11) is 0. The summed E-state index contributed by atoms with van der Waals surface area (Å²) in [5, 5.41) is 24.1. The molecule has 15 heteroatoms. The maximum absolute atomic E-state index is 14.6. The van der Waals surface area contributed by atoms with Crippen LogP contribution in [0.15, 0.2) is 47.3 Å². The second kappa shape index (κ2) is 10.7. The molecule has 0 radical (unpaired) electrons. The maximum Gasteiger partial charge on any atom is 0.416 e. The van der Waals surface area contributed by atoms with Gasteiger partial charge < -0.3 is 10.2 Å². The molecule has 4 aromatic rings. The van der Waals surface area contributed by atoms with Crippen molar-refractivity contribution in [3.05, 3.63) is 85.6 Å². The summed E-state index contributed by atoms with van der Waals surface area (Å²) in [6, 6.07) is 9.70.